The fourth-order valence-corrected chi connectivity index (χ4v) is 6.17. The first-order valence-electron chi connectivity index (χ1n) is 9.74. The first kappa shape index (κ1) is 19.2. The Balaban J connectivity index is 1.79. The first-order valence-corrected chi connectivity index (χ1v) is 9.74. The summed E-state index contributed by atoms with van der Waals surface area (Å²) in [5, 5.41) is 10.5. The zero-order chi connectivity index (χ0) is 20.3. The molecule has 7 nitrogen and oxygen atoms in total. The maximum absolute atomic E-state index is 13.2. The van der Waals surface area contributed by atoms with Gasteiger partial charge in [-0.3, -0.25) is 14.4 Å². The number of carbonyl (C=O) groups is 3. The highest BCUT2D eigenvalue weighted by Crippen LogP contribution is 2.64. The topological polar surface area (TPSA) is 103 Å². The van der Waals surface area contributed by atoms with Crippen molar-refractivity contribution in [2.45, 2.75) is 51.7 Å². The molecule has 0 unspecified atom stereocenters. The maximum atomic E-state index is 13.2. The van der Waals surface area contributed by atoms with Crippen LogP contribution in [0.25, 0.3) is 0 Å². The van der Waals surface area contributed by atoms with Crippen molar-refractivity contribution >= 4 is 17.7 Å². The summed E-state index contributed by atoms with van der Waals surface area (Å²) in [4.78, 5) is 38.6. The van der Waals surface area contributed by atoms with E-state index in [4.69, 9.17) is 13.9 Å². The van der Waals surface area contributed by atoms with E-state index in [1.165, 1.54) is 13.4 Å². The quantitative estimate of drug-likeness (QED) is 0.774. The van der Waals surface area contributed by atoms with Gasteiger partial charge in [0.1, 0.15) is 12.2 Å². The standard InChI is InChI=1S/C21H26O7/c1-20-6-4-12-19(25)28-15(11-5-7-27-10-11)9-21(12,2)17(20)16(23)14(22)8-13(20)18(24)26-3/h5,7,10,12-15,17,22H,4,6,8-9H2,1-3H3/t12-,13-,14+,15-,17-,20-,21-/m0/s1. The number of ether oxygens (including phenoxy) is 2. The summed E-state index contributed by atoms with van der Waals surface area (Å²) < 4.78 is 15.8. The van der Waals surface area contributed by atoms with Gasteiger partial charge in [-0.2, -0.15) is 0 Å². The number of rotatable bonds is 2. The van der Waals surface area contributed by atoms with Crippen LogP contribution >= 0.6 is 0 Å². The zero-order valence-electron chi connectivity index (χ0n) is 16.3. The van der Waals surface area contributed by atoms with E-state index in [0.717, 1.165) is 5.56 Å². The molecule has 2 heterocycles. The van der Waals surface area contributed by atoms with Crippen LogP contribution < -0.4 is 0 Å². The largest absolute Gasteiger partial charge is 0.472 e. The number of hydrogen-bond donors (Lipinski definition) is 1. The van der Waals surface area contributed by atoms with Crippen molar-refractivity contribution in [3.63, 3.8) is 0 Å². The zero-order valence-corrected chi connectivity index (χ0v) is 16.3. The van der Waals surface area contributed by atoms with Gasteiger partial charge in [-0.05, 0) is 42.6 Å². The molecule has 2 saturated carbocycles. The number of esters is 2. The molecule has 7 atom stereocenters. The molecule has 1 N–H and O–H groups in total. The molecule has 3 fully saturated rings. The fraction of sp³-hybridized carbons (Fsp3) is 0.667. The van der Waals surface area contributed by atoms with Crippen molar-refractivity contribution in [2.75, 3.05) is 7.11 Å². The Bertz CT molecular complexity index is 800. The second kappa shape index (κ2) is 6.44. The summed E-state index contributed by atoms with van der Waals surface area (Å²) in [7, 11) is 1.32. The Kier molecular flexibility index (Phi) is 4.41. The molecule has 28 heavy (non-hydrogen) atoms. The van der Waals surface area contributed by atoms with Crippen LogP contribution in [0.1, 0.15) is 51.2 Å². The molecule has 1 saturated heterocycles. The van der Waals surface area contributed by atoms with Gasteiger partial charge >= 0.3 is 11.9 Å². The number of Topliss-reactive ketones (excluding diaryl/α,β-unsaturated/α-hetero) is 1. The van der Waals surface area contributed by atoms with E-state index in [1.54, 1.807) is 12.3 Å². The number of furan rings is 1. The Morgan fingerprint density at radius 2 is 2.04 bits per heavy atom. The lowest BCUT2D eigenvalue weighted by molar-refractivity contribution is -0.207. The van der Waals surface area contributed by atoms with Gasteiger partial charge in [-0.25, -0.2) is 0 Å². The van der Waals surface area contributed by atoms with E-state index in [-0.39, 0.29) is 18.2 Å². The number of ketones is 1. The minimum atomic E-state index is -1.23. The first-order chi connectivity index (χ1) is 13.2. The number of carbonyl (C=O) groups excluding carboxylic acids is 3. The van der Waals surface area contributed by atoms with E-state index < -0.39 is 46.8 Å². The number of aliphatic hydroxyl groups is 1. The summed E-state index contributed by atoms with van der Waals surface area (Å²) in [6.07, 6.45) is 2.88. The molecule has 3 aliphatic rings. The molecule has 4 rings (SSSR count). The molecule has 2 aliphatic carbocycles. The van der Waals surface area contributed by atoms with Crippen LogP contribution in [0.2, 0.25) is 0 Å². The third-order valence-corrected chi connectivity index (χ3v) is 7.52. The van der Waals surface area contributed by atoms with E-state index in [0.29, 0.717) is 19.3 Å². The molecule has 1 aromatic heterocycles. The van der Waals surface area contributed by atoms with Crippen molar-refractivity contribution in [3.05, 3.63) is 24.2 Å². The summed E-state index contributed by atoms with van der Waals surface area (Å²) in [6.45, 7) is 3.86. The van der Waals surface area contributed by atoms with Gasteiger partial charge in [-0.1, -0.05) is 13.8 Å². The van der Waals surface area contributed by atoms with Crippen molar-refractivity contribution in [2.24, 2.45) is 28.6 Å². The second-order valence-corrected chi connectivity index (χ2v) is 8.95. The van der Waals surface area contributed by atoms with Crippen LogP contribution in [0.3, 0.4) is 0 Å². The molecule has 0 spiro atoms. The predicted molar refractivity (Wildman–Crippen MR) is 95.7 cm³/mol. The SMILES string of the molecule is COC(=O)[C@@H]1C[C@@H](O)C(=O)[C@H]2[C@@]1(C)CC[C@H]1C(=O)O[C@H](c3ccoc3)C[C@]21C. The number of fused-ring (bicyclic) bond motifs is 3. The lowest BCUT2D eigenvalue weighted by atomic mass is 9.43. The number of aliphatic hydroxyl groups excluding tert-OH is 1. The van der Waals surface area contributed by atoms with Crippen LogP contribution in [0, 0.1) is 28.6 Å². The number of methoxy groups -OCH3 is 1. The molecule has 7 heteroatoms. The van der Waals surface area contributed by atoms with Crippen molar-refractivity contribution in [1.29, 1.82) is 0 Å². The van der Waals surface area contributed by atoms with Crippen LogP contribution in [0.4, 0.5) is 0 Å². The Morgan fingerprint density at radius 3 is 2.68 bits per heavy atom. The summed E-state index contributed by atoms with van der Waals surface area (Å²) in [5.74, 6) is -2.68. The molecule has 0 amide bonds. The van der Waals surface area contributed by atoms with Gasteiger partial charge in [0.25, 0.3) is 0 Å². The van der Waals surface area contributed by atoms with E-state index in [1.807, 2.05) is 13.8 Å². The minimum Gasteiger partial charge on any atom is -0.472 e. The van der Waals surface area contributed by atoms with Crippen LogP contribution in [-0.4, -0.2) is 36.0 Å². The molecular weight excluding hydrogens is 364 g/mol. The minimum absolute atomic E-state index is 0.0643. The molecule has 0 aromatic carbocycles. The molecule has 1 aliphatic heterocycles. The van der Waals surface area contributed by atoms with Gasteiger partial charge in [0.2, 0.25) is 0 Å². The smallest absolute Gasteiger partial charge is 0.310 e. The predicted octanol–water partition coefficient (Wildman–Crippen LogP) is 2.43. The second-order valence-electron chi connectivity index (χ2n) is 8.95. The van der Waals surface area contributed by atoms with Gasteiger partial charge < -0.3 is 19.0 Å². The van der Waals surface area contributed by atoms with Gasteiger partial charge in [0.05, 0.1) is 31.5 Å². The van der Waals surface area contributed by atoms with Gasteiger partial charge in [0, 0.05) is 11.5 Å². The van der Waals surface area contributed by atoms with E-state index in [2.05, 4.69) is 0 Å². The van der Waals surface area contributed by atoms with Crippen LogP contribution in [0.5, 0.6) is 0 Å². The molecule has 1 aromatic rings. The maximum Gasteiger partial charge on any atom is 0.310 e. The highest BCUT2D eigenvalue weighted by atomic mass is 16.5. The lowest BCUT2D eigenvalue weighted by Crippen LogP contribution is -2.64. The number of cyclic esters (lactones) is 1. The van der Waals surface area contributed by atoms with Crippen LogP contribution in [-0.2, 0) is 23.9 Å². The molecular formula is C21H26O7. The van der Waals surface area contributed by atoms with Crippen molar-refractivity contribution in [3.8, 4) is 0 Å². The lowest BCUT2D eigenvalue weighted by Gasteiger charge is -2.60. The molecule has 0 radical (unpaired) electrons. The highest BCUT2D eigenvalue weighted by Gasteiger charge is 2.67. The fourth-order valence-electron chi connectivity index (χ4n) is 6.17. The summed E-state index contributed by atoms with van der Waals surface area (Å²) >= 11 is 0. The molecule has 152 valence electrons. The Morgan fingerprint density at radius 1 is 1.29 bits per heavy atom. The average Bonchev–Trinajstić information content (AvgIpc) is 3.18. The van der Waals surface area contributed by atoms with Gasteiger partial charge in [-0.15, -0.1) is 0 Å². The van der Waals surface area contributed by atoms with E-state index >= 15 is 0 Å². The third kappa shape index (κ3) is 2.55. The number of hydrogen-bond acceptors (Lipinski definition) is 7. The Labute approximate surface area is 163 Å². The Hall–Kier alpha value is -2.15. The van der Waals surface area contributed by atoms with Crippen LogP contribution in [0.15, 0.2) is 23.0 Å². The molecule has 0 bridgehead atoms. The monoisotopic (exact) mass is 390 g/mol. The van der Waals surface area contributed by atoms with Crippen molar-refractivity contribution in [1.82, 2.24) is 0 Å². The summed E-state index contributed by atoms with van der Waals surface area (Å²) in [6, 6.07) is 1.75. The van der Waals surface area contributed by atoms with Crippen molar-refractivity contribution < 1.29 is 33.4 Å². The normalized spacial score (nSPS) is 42.9. The highest BCUT2D eigenvalue weighted by molar-refractivity contribution is 5.91. The summed E-state index contributed by atoms with van der Waals surface area (Å²) in [5.41, 5.74) is -0.656. The average molecular weight is 390 g/mol. The van der Waals surface area contributed by atoms with E-state index in [9.17, 15) is 19.5 Å². The van der Waals surface area contributed by atoms with Gasteiger partial charge in [0.15, 0.2) is 5.78 Å². The third-order valence-electron chi connectivity index (χ3n) is 7.52.